The molecule has 104 valence electrons. The minimum atomic E-state index is 0.297. The molecule has 4 nitrogen and oxygen atoms in total. The second kappa shape index (κ2) is 5.63. The molecular weight excluding hydrogens is 262 g/mol. The van der Waals surface area contributed by atoms with E-state index >= 15 is 0 Å². The molecule has 1 saturated carbocycles. The van der Waals surface area contributed by atoms with E-state index in [1.165, 1.54) is 25.7 Å². The van der Waals surface area contributed by atoms with Gasteiger partial charge in [0.05, 0.1) is 6.10 Å². The Labute approximate surface area is 118 Å². The van der Waals surface area contributed by atoms with Crippen LogP contribution in [0.2, 0.25) is 5.15 Å². The van der Waals surface area contributed by atoms with Crippen LogP contribution in [-0.4, -0.2) is 29.2 Å². The van der Waals surface area contributed by atoms with Crippen molar-refractivity contribution in [2.45, 2.75) is 51.0 Å². The summed E-state index contributed by atoms with van der Waals surface area (Å²) in [5.74, 6) is 2.28. The number of aromatic nitrogens is 2. The van der Waals surface area contributed by atoms with Crippen LogP contribution in [0.1, 0.15) is 49.4 Å². The molecule has 1 aliphatic carbocycles. The molecule has 19 heavy (non-hydrogen) atoms. The Morgan fingerprint density at radius 3 is 2.79 bits per heavy atom. The van der Waals surface area contributed by atoms with Gasteiger partial charge in [-0.1, -0.05) is 11.6 Å². The van der Waals surface area contributed by atoms with Gasteiger partial charge in [-0.05, 0) is 39.0 Å². The Balaban J connectivity index is 1.68. The topological polar surface area (TPSA) is 47.0 Å². The van der Waals surface area contributed by atoms with Gasteiger partial charge in [0, 0.05) is 24.6 Å². The lowest BCUT2D eigenvalue weighted by Crippen LogP contribution is -2.27. The van der Waals surface area contributed by atoms with E-state index in [4.69, 9.17) is 16.3 Å². The zero-order valence-corrected chi connectivity index (χ0v) is 12.0. The predicted molar refractivity (Wildman–Crippen MR) is 75.8 cm³/mol. The van der Waals surface area contributed by atoms with Crippen LogP contribution in [0.5, 0.6) is 0 Å². The first-order chi connectivity index (χ1) is 9.24. The third-order valence-corrected chi connectivity index (χ3v) is 4.19. The zero-order valence-electron chi connectivity index (χ0n) is 11.3. The van der Waals surface area contributed by atoms with Crippen molar-refractivity contribution in [3.05, 3.63) is 16.5 Å². The summed E-state index contributed by atoms with van der Waals surface area (Å²) < 4.78 is 5.72. The molecule has 2 aliphatic rings. The standard InChI is InChI=1S/C14H20ClN3O/c1-9-12(15)17-14(10-5-6-10)18-13(9)16-8-11-4-2-3-7-19-11/h10-11H,2-8H2,1H3,(H,16,17,18). The Hall–Kier alpha value is -0.870. The quantitative estimate of drug-likeness (QED) is 0.860. The highest BCUT2D eigenvalue weighted by Gasteiger charge is 2.28. The Bertz CT molecular complexity index is 456. The second-order valence-corrected chi connectivity index (χ2v) is 5.85. The lowest BCUT2D eigenvalue weighted by atomic mass is 10.1. The second-order valence-electron chi connectivity index (χ2n) is 5.49. The van der Waals surface area contributed by atoms with Crippen LogP contribution in [0.25, 0.3) is 0 Å². The molecular formula is C14H20ClN3O. The molecule has 0 spiro atoms. The summed E-state index contributed by atoms with van der Waals surface area (Å²) >= 11 is 6.19. The lowest BCUT2D eigenvalue weighted by Gasteiger charge is -2.23. The van der Waals surface area contributed by atoms with Gasteiger partial charge < -0.3 is 10.1 Å². The van der Waals surface area contributed by atoms with Crippen molar-refractivity contribution in [1.82, 2.24) is 9.97 Å². The van der Waals surface area contributed by atoms with E-state index in [9.17, 15) is 0 Å². The van der Waals surface area contributed by atoms with Crippen molar-refractivity contribution in [3.63, 3.8) is 0 Å². The largest absolute Gasteiger partial charge is 0.376 e. The molecule has 1 unspecified atom stereocenters. The summed E-state index contributed by atoms with van der Waals surface area (Å²) in [5.41, 5.74) is 0.932. The first kappa shape index (κ1) is 13.1. The Morgan fingerprint density at radius 1 is 1.26 bits per heavy atom. The van der Waals surface area contributed by atoms with E-state index < -0.39 is 0 Å². The van der Waals surface area contributed by atoms with Gasteiger partial charge in [-0.15, -0.1) is 0 Å². The molecule has 1 aromatic rings. The summed E-state index contributed by atoms with van der Waals surface area (Å²) in [6.45, 7) is 3.64. The number of ether oxygens (including phenoxy) is 1. The fourth-order valence-electron chi connectivity index (χ4n) is 2.38. The molecule has 5 heteroatoms. The van der Waals surface area contributed by atoms with Crippen LogP contribution in [0, 0.1) is 6.92 Å². The molecule has 1 aromatic heterocycles. The average molecular weight is 282 g/mol. The summed E-state index contributed by atoms with van der Waals surface area (Å²) in [6, 6.07) is 0. The average Bonchev–Trinajstić information content (AvgIpc) is 3.26. The van der Waals surface area contributed by atoms with Crippen molar-refractivity contribution < 1.29 is 4.74 Å². The van der Waals surface area contributed by atoms with Crippen molar-refractivity contribution in [2.24, 2.45) is 0 Å². The highest BCUT2D eigenvalue weighted by Crippen LogP contribution is 2.39. The van der Waals surface area contributed by atoms with Crippen LogP contribution < -0.4 is 5.32 Å². The third-order valence-electron chi connectivity index (χ3n) is 3.82. The Kier molecular flexibility index (Phi) is 3.89. The number of nitrogens with zero attached hydrogens (tertiary/aromatic N) is 2. The van der Waals surface area contributed by atoms with Gasteiger partial charge in [0.2, 0.25) is 0 Å². The van der Waals surface area contributed by atoms with Crippen molar-refractivity contribution in [3.8, 4) is 0 Å². The number of rotatable bonds is 4. The fourth-order valence-corrected chi connectivity index (χ4v) is 2.56. The molecule has 0 amide bonds. The summed E-state index contributed by atoms with van der Waals surface area (Å²) in [6.07, 6.45) is 6.23. The number of nitrogens with one attached hydrogen (secondary N) is 1. The van der Waals surface area contributed by atoms with E-state index in [2.05, 4.69) is 15.3 Å². The number of halogens is 1. The summed E-state index contributed by atoms with van der Waals surface area (Å²) in [5, 5.41) is 3.96. The minimum absolute atomic E-state index is 0.297. The van der Waals surface area contributed by atoms with Gasteiger partial charge in [-0.2, -0.15) is 0 Å². The third kappa shape index (κ3) is 3.18. The SMILES string of the molecule is Cc1c(Cl)nc(C2CC2)nc1NCC1CCCCO1. The molecule has 2 fully saturated rings. The van der Waals surface area contributed by atoms with Crippen molar-refractivity contribution >= 4 is 17.4 Å². The van der Waals surface area contributed by atoms with Crippen molar-refractivity contribution in [1.29, 1.82) is 0 Å². The van der Waals surface area contributed by atoms with Crippen LogP contribution in [-0.2, 0) is 4.74 Å². The number of hydrogen-bond donors (Lipinski definition) is 1. The molecule has 0 bridgehead atoms. The lowest BCUT2D eigenvalue weighted by molar-refractivity contribution is 0.0247. The first-order valence-electron chi connectivity index (χ1n) is 7.13. The minimum Gasteiger partial charge on any atom is -0.376 e. The van der Waals surface area contributed by atoms with Gasteiger partial charge >= 0.3 is 0 Å². The monoisotopic (exact) mass is 281 g/mol. The maximum Gasteiger partial charge on any atom is 0.137 e. The molecule has 0 radical (unpaired) electrons. The van der Waals surface area contributed by atoms with Crippen LogP contribution in [0.15, 0.2) is 0 Å². The molecule has 1 saturated heterocycles. The zero-order chi connectivity index (χ0) is 13.2. The van der Waals surface area contributed by atoms with E-state index in [0.717, 1.165) is 36.8 Å². The molecule has 1 N–H and O–H groups in total. The Morgan fingerprint density at radius 2 is 2.11 bits per heavy atom. The normalized spacial score (nSPS) is 23.4. The molecule has 1 atom stereocenters. The van der Waals surface area contributed by atoms with Crippen LogP contribution >= 0.6 is 11.6 Å². The van der Waals surface area contributed by atoms with Gasteiger partial charge in [0.1, 0.15) is 16.8 Å². The molecule has 0 aromatic carbocycles. The van der Waals surface area contributed by atoms with Crippen molar-refractivity contribution in [2.75, 3.05) is 18.5 Å². The number of anilines is 1. The van der Waals surface area contributed by atoms with E-state index in [1.54, 1.807) is 0 Å². The maximum atomic E-state index is 6.19. The smallest absolute Gasteiger partial charge is 0.137 e. The maximum absolute atomic E-state index is 6.19. The van der Waals surface area contributed by atoms with Crippen LogP contribution in [0.4, 0.5) is 5.82 Å². The van der Waals surface area contributed by atoms with E-state index in [1.807, 2.05) is 6.92 Å². The molecule has 3 rings (SSSR count). The fraction of sp³-hybridized carbons (Fsp3) is 0.714. The number of hydrogen-bond acceptors (Lipinski definition) is 4. The van der Waals surface area contributed by atoms with Gasteiger partial charge in [-0.3, -0.25) is 0 Å². The highest BCUT2D eigenvalue weighted by molar-refractivity contribution is 6.30. The molecule has 1 aliphatic heterocycles. The van der Waals surface area contributed by atoms with E-state index in [-0.39, 0.29) is 0 Å². The highest BCUT2D eigenvalue weighted by atomic mass is 35.5. The van der Waals surface area contributed by atoms with E-state index in [0.29, 0.717) is 17.2 Å². The van der Waals surface area contributed by atoms with Gasteiger partial charge in [0.15, 0.2) is 0 Å². The first-order valence-corrected chi connectivity index (χ1v) is 7.51. The van der Waals surface area contributed by atoms with Gasteiger partial charge in [-0.25, -0.2) is 9.97 Å². The summed E-state index contributed by atoms with van der Waals surface area (Å²) in [7, 11) is 0. The predicted octanol–water partition coefficient (Wildman–Crippen LogP) is 3.30. The van der Waals surface area contributed by atoms with Crippen LogP contribution in [0.3, 0.4) is 0 Å². The van der Waals surface area contributed by atoms with Gasteiger partial charge in [0.25, 0.3) is 0 Å². The summed E-state index contributed by atoms with van der Waals surface area (Å²) in [4.78, 5) is 8.99. The molecule has 2 heterocycles.